The molecule has 0 aliphatic carbocycles. The van der Waals surface area contributed by atoms with Gasteiger partial charge in [-0.05, 0) is 19.8 Å². The minimum absolute atomic E-state index is 0.260. The Labute approximate surface area is 89.5 Å². The zero-order valence-electron chi connectivity index (χ0n) is 9.41. The smallest absolute Gasteiger partial charge is 0.329 e. The molecule has 0 aromatic carbocycles. The van der Waals surface area contributed by atoms with Gasteiger partial charge in [-0.2, -0.15) is 0 Å². The summed E-state index contributed by atoms with van der Waals surface area (Å²) in [6.07, 6.45) is 1.17. The second-order valence-electron chi connectivity index (χ2n) is 3.80. The molecule has 3 N–H and O–H groups in total. The summed E-state index contributed by atoms with van der Waals surface area (Å²) >= 11 is 0. The molecule has 0 aromatic heterocycles. The number of carbonyl (C=O) groups excluding carboxylic acids is 1. The Hall–Kier alpha value is -1.10. The maximum Gasteiger partial charge on any atom is 0.329 e. The van der Waals surface area contributed by atoms with E-state index in [1.54, 1.807) is 6.92 Å². The zero-order valence-corrected chi connectivity index (χ0v) is 9.41. The van der Waals surface area contributed by atoms with Crippen LogP contribution >= 0.6 is 0 Å². The summed E-state index contributed by atoms with van der Waals surface area (Å²) in [5.41, 5.74) is -1.42. The summed E-state index contributed by atoms with van der Waals surface area (Å²) in [6, 6.07) is -1.25. The van der Waals surface area contributed by atoms with Gasteiger partial charge in [0.05, 0.1) is 5.60 Å². The van der Waals surface area contributed by atoms with Crippen LogP contribution in [0.2, 0.25) is 0 Å². The van der Waals surface area contributed by atoms with Crippen molar-refractivity contribution < 1.29 is 19.8 Å². The monoisotopic (exact) mass is 217 g/mol. The highest BCUT2D eigenvalue weighted by Crippen LogP contribution is 2.14. The molecule has 0 bridgehead atoms. The molecule has 2 unspecified atom stereocenters. The Kier molecular flexibility index (Phi) is 5.28. The normalized spacial score (nSPS) is 16.5. The maximum atomic E-state index is 11.2. The van der Waals surface area contributed by atoms with Gasteiger partial charge < -0.3 is 15.5 Å². The van der Waals surface area contributed by atoms with Crippen LogP contribution in [-0.2, 0) is 9.59 Å². The van der Waals surface area contributed by atoms with Crippen LogP contribution in [0.15, 0.2) is 0 Å². The lowest BCUT2D eigenvalue weighted by Crippen LogP contribution is -2.55. The summed E-state index contributed by atoms with van der Waals surface area (Å²) in [6.45, 7) is 4.90. The van der Waals surface area contributed by atoms with Crippen LogP contribution in [0.3, 0.4) is 0 Å². The van der Waals surface area contributed by atoms with Gasteiger partial charge in [0.15, 0.2) is 6.04 Å². The molecule has 5 heteroatoms. The Bertz CT molecular complexity index is 238. The molecular weight excluding hydrogens is 198 g/mol. The molecule has 15 heavy (non-hydrogen) atoms. The molecular formula is C10H19NO4. The van der Waals surface area contributed by atoms with Gasteiger partial charge in [-0.1, -0.05) is 13.8 Å². The molecule has 88 valence electrons. The van der Waals surface area contributed by atoms with Crippen molar-refractivity contribution in [1.82, 2.24) is 5.32 Å². The number of rotatable bonds is 6. The minimum Gasteiger partial charge on any atom is -0.480 e. The topological polar surface area (TPSA) is 86.6 Å². The fraction of sp³-hybridized carbons (Fsp3) is 0.800. The first kappa shape index (κ1) is 13.9. The third kappa shape index (κ3) is 4.29. The van der Waals surface area contributed by atoms with E-state index < -0.39 is 17.6 Å². The van der Waals surface area contributed by atoms with Crippen LogP contribution in [-0.4, -0.2) is 33.7 Å². The quantitative estimate of drug-likeness (QED) is 0.605. The predicted octanol–water partition coefficient (Wildman–Crippen LogP) is 0.517. The van der Waals surface area contributed by atoms with E-state index in [0.717, 1.165) is 0 Å². The van der Waals surface area contributed by atoms with E-state index in [4.69, 9.17) is 5.11 Å². The Morgan fingerprint density at radius 1 is 1.40 bits per heavy atom. The first-order valence-corrected chi connectivity index (χ1v) is 5.09. The third-order valence-corrected chi connectivity index (χ3v) is 2.37. The van der Waals surface area contributed by atoms with Crippen LogP contribution in [0.5, 0.6) is 0 Å². The number of hydrogen-bond donors (Lipinski definition) is 3. The van der Waals surface area contributed by atoms with Gasteiger partial charge in [0.25, 0.3) is 0 Å². The second-order valence-corrected chi connectivity index (χ2v) is 3.80. The highest BCUT2D eigenvalue weighted by atomic mass is 16.4. The van der Waals surface area contributed by atoms with E-state index in [1.807, 2.05) is 6.92 Å². The predicted molar refractivity (Wildman–Crippen MR) is 55.4 cm³/mol. The van der Waals surface area contributed by atoms with Crippen LogP contribution < -0.4 is 5.32 Å². The Morgan fingerprint density at radius 3 is 2.27 bits per heavy atom. The van der Waals surface area contributed by atoms with Gasteiger partial charge >= 0.3 is 5.97 Å². The van der Waals surface area contributed by atoms with Gasteiger partial charge in [0.1, 0.15) is 0 Å². The lowest BCUT2D eigenvalue weighted by molar-refractivity contribution is -0.149. The molecule has 0 saturated carbocycles. The van der Waals surface area contributed by atoms with Crippen LogP contribution in [0.25, 0.3) is 0 Å². The number of carbonyl (C=O) groups is 2. The van der Waals surface area contributed by atoms with Gasteiger partial charge in [-0.15, -0.1) is 0 Å². The summed E-state index contributed by atoms with van der Waals surface area (Å²) in [5, 5.41) is 21.0. The van der Waals surface area contributed by atoms with Gasteiger partial charge in [0, 0.05) is 6.42 Å². The summed E-state index contributed by atoms with van der Waals surface area (Å²) in [7, 11) is 0. The molecule has 0 saturated heterocycles. The van der Waals surface area contributed by atoms with Crippen LogP contribution in [0.4, 0.5) is 0 Å². The number of amides is 1. The van der Waals surface area contributed by atoms with E-state index in [0.29, 0.717) is 6.42 Å². The molecule has 0 aliphatic rings. The van der Waals surface area contributed by atoms with E-state index in [2.05, 4.69) is 5.32 Å². The van der Waals surface area contributed by atoms with Gasteiger partial charge in [0.2, 0.25) is 5.91 Å². The van der Waals surface area contributed by atoms with E-state index in [-0.39, 0.29) is 18.7 Å². The lowest BCUT2D eigenvalue weighted by atomic mass is 9.93. The number of nitrogens with one attached hydrogen (secondary N) is 1. The van der Waals surface area contributed by atoms with Crippen molar-refractivity contribution in [2.75, 3.05) is 0 Å². The SMILES string of the molecule is CCCC(=O)NC(C(=O)O)C(C)(O)CC. The van der Waals surface area contributed by atoms with Crippen molar-refractivity contribution in [1.29, 1.82) is 0 Å². The number of aliphatic carboxylic acids is 1. The molecule has 0 fully saturated rings. The van der Waals surface area contributed by atoms with Crippen molar-refractivity contribution in [2.45, 2.75) is 51.7 Å². The van der Waals surface area contributed by atoms with Crippen LogP contribution in [0, 0.1) is 0 Å². The third-order valence-electron chi connectivity index (χ3n) is 2.37. The Morgan fingerprint density at radius 2 is 1.93 bits per heavy atom. The Balaban J connectivity index is 4.55. The second kappa shape index (κ2) is 5.70. The highest BCUT2D eigenvalue weighted by molar-refractivity contribution is 5.84. The molecule has 0 aliphatic heterocycles. The molecule has 0 heterocycles. The summed E-state index contributed by atoms with van der Waals surface area (Å²) in [5.74, 6) is -1.56. The van der Waals surface area contributed by atoms with Crippen molar-refractivity contribution in [2.24, 2.45) is 0 Å². The molecule has 1 amide bonds. The first-order chi connectivity index (χ1) is 6.85. The average molecular weight is 217 g/mol. The van der Waals surface area contributed by atoms with Crippen molar-refractivity contribution in [3.63, 3.8) is 0 Å². The van der Waals surface area contributed by atoms with Gasteiger partial charge in [-0.25, -0.2) is 4.79 Å². The van der Waals surface area contributed by atoms with E-state index >= 15 is 0 Å². The fourth-order valence-corrected chi connectivity index (χ4v) is 1.15. The van der Waals surface area contributed by atoms with Gasteiger partial charge in [-0.3, -0.25) is 4.79 Å². The lowest BCUT2D eigenvalue weighted by Gasteiger charge is -2.29. The number of aliphatic hydroxyl groups is 1. The van der Waals surface area contributed by atoms with E-state index in [1.165, 1.54) is 6.92 Å². The molecule has 0 spiro atoms. The number of hydrogen-bond acceptors (Lipinski definition) is 3. The van der Waals surface area contributed by atoms with Crippen molar-refractivity contribution >= 4 is 11.9 Å². The van der Waals surface area contributed by atoms with Crippen molar-refractivity contribution in [3.8, 4) is 0 Å². The molecule has 5 nitrogen and oxygen atoms in total. The highest BCUT2D eigenvalue weighted by Gasteiger charge is 2.36. The molecule has 0 aromatic rings. The standard InChI is InChI=1S/C10H19NO4/c1-4-6-7(12)11-8(9(13)14)10(3,15)5-2/h8,15H,4-6H2,1-3H3,(H,11,12)(H,13,14). The van der Waals surface area contributed by atoms with E-state index in [9.17, 15) is 14.7 Å². The average Bonchev–Trinajstić information content (AvgIpc) is 2.14. The number of carboxylic acid groups (broad SMARTS) is 1. The first-order valence-electron chi connectivity index (χ1n) is 5.09. The molecule has 2 atom stereocenters. The minimum atomic E-state index is -1.42. The summed E-state index contributed by atoms with van der Waals surface area (Å²) < 4.78 is 0. The summed E-state index contributed by atoms with van der Waals surface area (Å²) in [4.78, 5) is 22.1. The largest absolute Gasteiger partial charge is 0.480 e. The maximum absolute atomic E-state index is 11.2. The fourth-order valence-electron chi connectivity index (χ4n) is 1.15. The van der Waals surface area contributed by atoms with Crippen molar-refractivity contribution in [3.05, 3.63) is 0 Å². The molecule has 0 radical (unpaired) electrons. The molecule has 0 rings (SSSR count). The zero-order chi connectivity index (χ0) is 12.1. The number of carboxylic acids is 1. The van der Waals surface area contributed by atoms with Crippen LogP contribution in [0.1, 0.15) is 40.0 Å².